The molecule has 4 nitrogen and oxygen atoms in total. The number of methoxy groups -OCH3 is 1. The third-order valence-electron chi connectivity index (χ3n) is 4.33. The minimum atomic E-state index is 0.858. The van der Waals surface area contributed by atoms with Crippen molar-refractivity contribution in [2.45, 2.75) is 6.42 Å². The largest absolute Gasteiger partial charge is 0.497 e. The van der Waals surface area contributed by atoms with E-state index in [2.05, 4.69) is 66.9 Å². The highest BCUT2D eigenvalue weighted by Crippen LogP contribution is 2.30. The minimum Gasteiger partial charge on any atom is -0.497 e. The lowest BCUT2D eigenvalue weighted by atomic mass is 10.0. The van der Waals surface area contributed by atoms with E-state index in [1.165, 1.54) is 21.4 Å². The van der Waals surface area contributed by atoms with Gasteiger partial charge < -0.3 is 9.64 Å². The van der Waals surface area contributed by atoms with Crippen molar-refractivity contribution < 1.29 is 14.6 Å². The fraction of sp³-hybridized carbons (Fsp3) is 0.286. The van der Waals surface area contributed by atoms with E-state index >= 15 is 0 Å². The molecule has 3 aromatic rings. The first kappa shape index (κ1) is 17.2. The lowest BCUT2D eigenvalue weighted by Crippen LogP contribution is -3.05. The number of anilines is 1. The van der Waals surface area contributed by atoms with E-state index in [4.69, 9.17) is 4.74 Å². The van der Waals surface area contributed by atoms with Gasteiger partial charge in [-0.3, -0.25) is 5.32 Å². The molecule has 0 amide bonds. The van der Waals surface area contributed by atoms with Crippen molar-refractivity contribution in [2.75, 3.05) is 39.6 Å². The first-order valence-electron chi connectivity index (χ1n) is 8.80. The number of pyridine rings is 1. The van der Waals surface area contributed by atoms with Crippen LogP contribution in [0.25, 0.3) is 22.0 Å². The summed E-state index contributed by atoms with van der Waals surface area (Å²) in [4.78, 5) is 4.97. The Labute approximate surface area is 149 Å². The van der Waals surface area contributed by atoms with Crippen LogP contribution < -0.4 is 19.9 Å². The van der Waals surface area contributed by atoms with Crippen LogP contribution in [0.15, 0.2) is 54.6 Å². The summed E-state index contributed by atoms with van der Waals surface area (Å²) in [5.41, 5.74) is 3.51. The Morgan fingerprint density at radius 2 is 1.84 bits per heavy atom. The van der Waals surface area contributed by atoms with Crippen LogP contribution in [-0.4, -0.2) is 34.3 Å². The summed E-state index contributed by atoms with van der Waals surface area (Å²) in [5.74, 6) is 1.89. The van der Waals surface area contributed by atoms with E-state index in [-0.39, 0.29) is 0 Å². The molecule has 0 bridgehead atoms. The molecule has 0 radical (unpaired) electrons. The number of aromatic nitrogens is 1. The molecule has 2 aromatic carbocycles. The molecule has 0 spiro atoms. The number of aromatic amines is 1. The predicted octanol–water partition coefficient (Wildman–Crippen LogP) is 2.28. The number of benzene rings is 2. The molecule has 0 unspecified atom stereocenters. The van der Waals surface area contributed by atoms with Crippen molar-refractivity contribution in [1.29, 1.82) is 0 Å². The molecule has 1 heterocycles. The number of hydrogen-bond donors (Lipinski definition) is 2. The fourth-order valence-corrected chi connectivity index (χ4v) is 3.01. The Balaban J connectivity index is 1.97. The second-order valence-electron chi connectivity index (χ2n) is 6.61. The first-order valence-corrected chi connectivity index (χ1v) is 8.80. The van der Waals surface area contributed by atoms with Crippen LogP contribution in [0.1, 0.15) is 6.42 Å². The molecule has 3 N–H and O–H groups in total. The summed E-state index contributed by atoms with van der Waals surface area (Å²) in [6.07, 6.45) is 1.13. The molecule has 0 atom stereocenters. The normalized spacial score (nSPS) is 11.0. The van der Waals surface area contributed by atoms with Crippen LogP contribution in [0.2, 0.25) is 0 Å². The van der Waals surface area contributed by atoms with E-state index in [1.54, 1.807) is 7.11 Å². The summed E-state index contributed by atoms with van der Waals surface area (Å²) in [5, 5.41) is 4.72. The van der Waals surface area contributed by atoms with E-state index in [9.17, 15) is 0 Å². The molecule has 0 saturated carbocycles. The SMILES string of the molecule is COc1ccc2c(-c3ccccc3)cc(NCCC[NH+](C)C)[nH+]c2c1. The van der Waals surface area contributed by atoms with Gasteiger partial charge in [-0.05, 0) is 17.7 Å². The highest BCUT2D eigenvalue weighted by atomic mass is 16.5. The van der Waals surface area contributed by atoms with Crippen LogP contribution in [0.3, 0.4) is 0 Å². The second-order valence-corrected chi connectivity index (χ2v) is 6.61. The van der Waals surface area contributed by atoms with Gasteiger partial charge >= 0.3 is 0 Å². The van der Waals surface area contributed by atoms with Gasteiger partial charge in [0.2, 0.25) is 0 Å². The predicted molar refractivity (Wildman–Crippen MR) is 103 cm³/mol. The number of ether oxygens (including phenoxy) is 1. The molecular formula is C21H27N3O+2. The van der Waals surface area contributed by atoms with Crippen LogP contribution in [0.4, 0.5) is 5.82 Å². The first-order chi connectivity index (χ1) is 12.2. The highest BCUT2D eigenvalue weighted by molar-refractivity contribution is 5.94. The number of rotatable bonds is 7. The van der Waals surface area contributed by atoms with Gasteiger partial charge in [-0.1, -0.05) is 30.3 Å². The maximum atomic E-state index is 5.39. The van der Waals surface area contributed by atoms with Crippen molar-refractivity contribution >= 4 is 16.7 Å². The molecule has 1 aromatic heterocycles. The molecule has 0 aliphatic carbocycles. The lowest BCUT2D eigenvalue weighted by molar-refractivity contribution is -0.858. The van der Waals surface area contributed by atoms with Crippen LogP contribution in [0.5, 0.6) is 5.75 Å². The molecule has 25 heavy (non-hydrogen) atoms. The molecule has 0 saturated heterocycles. The van der Waals surface area contributed by atoms with Crippen molar-refractivity contribution in [2.24, 2.45) is 0 Å². The van der Waals surface area contributed by atoms with Gasteiger partial charge in [0.15, 0.2) is 0 Å². The number of H-pyrrole nitrogens is 1. The van der Waals surface area contributed by atoms with Gasteiger partial charge in [-0.2, -0.15) is 0 Å². The Hall–Kier alpha value is -2.59. The van der Waals surface area contributed by atoms with Crippen molar-refractivity contribution in [3.8, 4) is 16.9 Å². The average molecular weight is 337 g/mol. The minimum absolute atomic E-state index is 0.858. The third-order valence-corrected chi connectivity index (χ3v) is 4.33. The maximum Gasteiger partial charge on any atom is 0.273 e. The van der Waals surface area contributed by atoms with Crippen molar-refractivity contribution in [3.63, 3.8) is 0 Å². The summed E-state index contributed by atoms with van der Waals surface area (Å²) < 4.78 is 5.39. The monoisotopic (exact) mass is 337 g/mol. The zero-order chi connectivity index (χ0) is 17.6. The van der Waals surface area contributed by atoms with E-state index < -0.39 is 0 Å². The van der Waals surface area contributed by atoms with E-state index in [0.29, 0.717) is 0 Å². The van der Waals surface area contributed by atoms with Gasteiger partial charge in [0, 0.05) is 29.5 Å². The topological polar surface area (TPSA) is 39.8 Å². The van der Waals surface area contributed by atoms with Crippen LogP contribution in [0, 0.1) is 0 Å². The zero-order valence-electron chi connectivity index (χ0n) is 15.2. The molecule has 3 rings (SSSR count). The van der Waals surface area contributed by atoms with Gasteiger partial charge in [0.05, 0.1) is 34.3 Å². The highest BCUT2D eigenvalue weighted by Gasteiger charge is 2.12. The Kier molecular flexibility index (Phi) is 5.51. The van der Waals surface area contributed by atoms with E-state index in [0.717, 1.165) is 36.6 Å². The van der Waals surface area contributed by atoms with Crippen molar-refractivity contribution in [3.05, 3.63) is 54.6 Å². The van der Waals surface area contributed by atoms with Crippen molar-refractivity contribution in [1.82, 2.24) is 0 Å². The lowest BCUT2D eigenvalue weighted by Gasteiger charge is -2.09. The Morgan fingerprint density at radius 3 is 2.56 bits per heavy atom. The van der Waals surface area contributed by atoms with Crippen LogP contribution in [-0.2, 0) is 0 Å². The summed E-state index contributed by atoms with van der Waals surface area (Å²) in [7, 11) is 6.06. The van der Waals surface area contributed by atoms with Gasteiger partial charge in [-0.15, -0.1) is 0 Å². The smallest absolute Gasteiger partial charge is 0.273 e. The zero-order valence-corrected chi connectivity index (χ0v) is 15.2. The number of fused-ring (bicyclic) bond motifs is 1. The molecule has 4 heteroatoms. The fourth-order valence-electron chi connectivity index (χ4n) is 3.01. The molecular weight excluding hydrogens is 310 g/mol. The average Bonchev–Trinajstić information content (AvgIpc) is 2.64. The molecule has 0 fully saturated rings. The third kappa shape index (κ3) is 4.28. The quantitative estimate of drug-likeness (QED) is 0.649. The summed E-state index contributed by atoms with van der Waals surface area (Å²) in [6.45, 7) is 2.10. The summed E-state index contributed by atoms with van der Waals surface area (Å²) in [6, 6.07) is 18.9. The van der Waals surface area contributed by atoms with Gasteiger partial charge in [-0.25, -0.2) is 4.98 Å². The Bertz CT molecular complexity index is 831. The van der Waals surface area contributed by atoms with Crippen LogP contribution >= 0.6 is 0 Å². The van der Waals surface area contributed by atoms with Gasteiger partial charge in [0.1, 0.15) is 11.3 Å². The number of nitrogens with one attached hydrogen (secondary N) is 3. The molecule has 0 aliphatic rings. The summed E-state index contributed by atoms with van der Waals surface area (Å²) >= 11 is 0. The van der Waals surface area contributed by atoms with Gasteiger partial charge in [0.25, 0.3) is 5.82 Å². The number of quaternary nitrogens is 1. The standard InChI is InChI=1S/C21H25N3O/c1-24(2)13-7-12-22-21-15-19(16-8-5-4-6-9-16)18-11-10-17(25-3)14-20(18)23-21/h4-6,8-11,14-15H,7,12-13H2,1-3H3,(H,22,23)/p+2. The van der Waals surface area contributed by atoms with E-state index in [1.807, 2.05) is 12.1 Å². The second kappa shape index (κ2) is 7.99. The molecule has 130 valence electrons. The maximum absolute atomic E-state index is 5.39. The Morgan fingerprint density at radius 1 is 1.04 bits per heavy atom. The molecule has 0 aliphatic heterocycles. The number of hydrogen-bond acceptors (Lipinski definition) is 2.